The maximum atomic E-state index is 11.7. The summed E-state index contributed by atoms with van der Waals surface area (Å²) in [6.07, 6.45) is 0.0411. The van der Waals surface area contributed by atoms with Crippen LogP contribution in [-0.2, 0) is 20.9 Å². The SMILES string of the molecule is COC(=O)c1oc(COC(=O)CCNC(=O)c2ccsc2)cc1C. The standard InChI is InChI=1S/C16H17NO6S/c1-10-7-12(23-14(10)16(20)21-2)8-22-13(18)3-5-17-15(19)11-4-6-24-9-11/h4,6-7,9H,3,5,8H2,1-2H3,(H,17,19). The first kappa shape index (κ1) is 17.7. The monoisotopic (exact) mass is 351 g/mol. The lowest BCUT2D eigenvalue weighted by Crippen LogP contribution is -2.26. The number of amides is 1. The second kappa shape index (κ2) is 8.30. The van der Waals surface area contributed by atoms with Gasteiger partial charge in [0.05, 0.1) is 13.5 Å². The van der Waals surface area contributed by atoms with E-state index in [1.807, 2.05) is 0 Å². The number of nitrogens with one attached hydrogen (secondary N) is 1. The van der Waals surface area contributed by atoms with Gasteiger partial charge in [-0.3, -0.25) is 9.59 Å². The summed E-state index contributed by atoms with van der Waals surface area (Å²) in [7, 11) is 1.26. The highest BCUT2D eigenvalue weighted by Crippen LogP contribution is 2.16. The van der Waals surface area contributed by atoms with Crippen molar-refractivity contribution in [3.63, 3.8) is 0 Å². The summed E-state index contributed by atoms with van der Waals surface area (Å²) in [6, 6.07) is 3.31. The van der Waals surface area contributed by atoms with E-state index < -0.39 is 11.9 Å². The van der Waals surface area contributed by atoms with Crippen LogP contribution in [0.5, 0.6) is 0 Å². The zero-order valence-electron chi connectivity index (χ0n) is 13.3. The van der Waals surface area contributed by atoms with Gasteiger partial charge in [-0.1, -0.05) is 0 Å². The van der Waals surface area contributed by atoms with Gasteiger partial charge in [0.2, 0.25) is 5.76 Å². The molecule has 8 heteroatoms. The van der Waals surface area contributed by atoms with Crippen LogP contribution in [0.2, 0.25) is 0 Å². The van der Waals surface area contributed by atoms with Crippen LogP contribution in [0.25, 0.3) is 0 Å². The molecule has 0 aliphatic rings. The van der Waals surface area contributed by atoms with E-state index in [1.165, 1.54) is 18.4 Å². The van der Waals surface area contributed by atoms with E-state index in [0.717, 1.165) is 0 Å². The fourth-order valence-corrected chi connectivity index (χ4v) is 2.55. The number of ether oxygens (including phenoxy) is 2. The van der Waals surface area contributed by atoms with Crippen molar-refractivity contribution in [2.75, 3.05) is 13.7 Å². The van der Waals surface area contributed by atoms with Crippen molar-refractivity contribution in [3.05, 3.63) is 45.5 Å². The number of rotatable bonds is 7. The smallest absolute Gasteiger partial charge is 0.374 e. The molecule has 0 radical (unpaired) electrons. The lowest BCUT2D eigenvalue weighted by Gasteiger charge is -2.04. The molecule has 0 fully saturated rings. The van der Waals surface area contributed by atoms with Crippen molar-refractivity contribution < 1.29 is 28.3 Å². The first-order valence-corrected chi connectivity index (χ1v) is 8.09. The highest BCUT2D eigenvalue weighted by Gasteiger charge is 2.17. The molecule has 0 saturated carbocycles. The molecule has 0 saturated heterocycles. The van der Waals surface area contributed by atoms with E-state index in [2.05, 4.69) is 10.1 Å². The minimum Gasteiger partial charge on any atom is -0.463 e. The van der Waals surface area contributed by atoms with E-state index in [9.17, 15) is 14.4 Å². The molecule has 0 spiro atoms. The summed E-state index contributed by atoms with van der Waals surface area (Å²) >= 11 is 1.42. The lowest BCUT2D eigenvalue weighted by atomic mass is 10.2. The van der Waals surface area contributed by atoms with E-state index in [4.69, 9.17) is 9.15 Å². The third-order valence-electron chi connectivity index (χ3n) is 3.11. The normalized spacial score (nSPS) is 10.2. The van der Waals surface area contributed by atoms with Crippen molar-refractivity contribution >= 4 is 29.2 Å². The Hall–Kier alpha value is -2.61. The summed E-state index contributed by atoms with van der Waals surface area (Å²) in [5.74, 6) is -0.848. The Morgan fingerprint density at radius 2 is 2.12 bits per heavy atom. The van der Waals surface area contributed by atoms with E-state index in [0.29, 0.717) is 16.9 Å². The summed E-state index contributed by atoms with van der Waals surface area (Å²) in [4.78, 5) is 34.8. The fourth-order valence-electron chi connectivity index (χ4n) is 1.91. The summed E-state index contributed by atoms with van der Waals surface area (Å²) in [5, 5.41) is 6.16. The molecular formula is C16H17NO6S. The fraction of sp³-hybridized carbons (Fsp3) is 0.312. The minimum absolute atomic E-state index is 0.0411. The van der Waals surface area contributed by atoms with Gasteiger partial charge in [0, 0.05) is 23.1 Å². The molecule has 2 heterocycles. The largest absolute Gasteiger partial charge is 0.463 e. The molecule has 2 rings (SSSR count). The molecule has 0 unspecified atom stereocenters. The molecule has 24 heavy (non-hydrogen) atoms. The molecule has 1 amide bonds. The summed E-state index contributed by atoms with van der Waals surface area (Å²) in [5.41, 5.74) is 1.17. The van der Waals surface area contributed by atoms with E-state index >= 15 is 0 Å². The molecule has 0 aromatic carbocycles. The summed E-state index contributed by atoms with van der Waals surface area (Å²) < 4.78 is 14.9. The Labute approximate surface area is 142 Å². The average molecular weight is 351 g/mol. The third kappa shape index (κ3) is 4.69. The lowest BCUT2D eigenvalue weighted by molar-refractivity contribution is -0.145. The maximum Gasteiger partial charge on any atom is 0.374 e. The second-order valence-electron chi connectivity index (χ2n) is 4.90. The Morgan fingerprint density at radius 1 is 1.33 bits per heavy atom. The topological polar surface area (TPSA) is 94.8 Å². The van der Waals surface area contributed by atoms with Crippen LogP contribution in [0.4, 0.5) is 0 Å². The molecule has 7 nitrogen and oxygen atoms in total. The van der Waals surface area contributed by atoms with Crippen LogP contribution in [0.3, 0.4) is 0 Å². The van der Waals surface area contributed by atoms with Crippen molar-refractivity contribution in [1.82, 2.24) is 5.32 Å². The molecule has 0 atom stereocenters. The number of carbonyl (C=O) groups excluding carboxylic acids is 3. The number of methoxy groups -OCH3 is 1. The molecule has 0 aliphatic heterocycles. The number of furan rings is 1. The number of hydrogen-bond acceptors (Lipinski definition) is 7. The van der Waals surface area contributed by atoms with E-state index in [1.54, 1.807) is 29.8 Å². The van der Waals surface area contributed by atoms with Crippen molar-refractivity contribution in [1.29, 1.82) is 0 Å². The number of thiophene rings is 1. The van der Waals surface area contributed by atoms with Crippen LogP contribution >= 0.6 is 11.3 Å². The Bertz CT molecular complexity index is 719. The molecule has 2 aromatic heterocycles. The van der Waals surface area contributed by atoms with Gasteiger partial charge in [0.1, 0.15) is 12.4 Å². The van der Waals surface area contributed by atoms with Crippen molar-refractivity contribution in [3.8, 4) is 0 Å². The molecule has 1 N–H and O–H groups in total. The van der Waals surface area contributed by atoms with E-state index in [-0.39, 0.29) is 31.2 Å². The van der Waals surface area contributed by atoms with Crippen LogP contribution in [-0.4, -0.2) is 31.5 Å². The third-order valence-corrected chi connectivity index (χ3v) is 3.80. The molecule has 2 aromatic rings. The van der Waals surface area contributed by atoms with Gasteiger partial charge in [0.25, 0.3) is 5.91 Å². The molecule has 0 aliphatic carbocycles. The first-order valence-electron chi connectivity index (χ1n) is 7.15. The molecule has 128 valence electrons. The van der Waals surface area contributed by atoms with Gasteiger partial charge in [-0.2, -0.15) is 11.3 Å². The van der Waals surface area contributed by atoms with Gasteiger partial charge >= 0.3 is 11.9 Å². The zero-order chi connectivity index (χ0) is 17.5. The second-order valence-corrected chi connectivity index (χ2v) is 5.68. The predicted molar refractivity (Wildman–Crippen MR) is 85.8 cm³/mol. The summed E-state index contributed by atoms with van der Waals surface area (Å²) in [6.45, 7) is 1.79. The molecule has 0 bridgehead atoms. The highest BCUT2D eigenvalue weighted by atomic mass is 32.1. The Morgan fingerprint density at radius 3 is 2.79 bits per heavy atom. The average Bonchev–Trinajstić information content (AvgIpc) is 3.22. The van der Waals surface area contributed by atoms with Crippen molar-refractivity contribution in [2.24, 2.45) is 0 Å². The Balaban J connectivity index is 1.73. The van der Waals surface area contributed by atoms with Crippen LogP contribution in [0.15, 0.2) is 27.3 Å². The minimum atomic E-state index is -0.582. The van der Waals surface area contributed by atoms with Gasteiger partial charge in [-0.15, -0.1) is 0 Å². The van der Waals surface area contributed by atoms with Crippen LogP contribution in [0.1, 0.15) is 38.7 Å². The number of esters is 2. The van der Waals surface area contributed by atoms with Gasteiger partial charge < -0.3 is 19.2 Å². The van der Waals surface area contributed by atoms with Crippen LogP contribution < -0.4 is 5.32 Å². The van der Waals surface area contributed by atoms with Crippen LogP contribution in [0, 0.1) is 6.92 Å². The number of aryl methyl sites for hydroxylation is 1. The highest BCUT2D eigenvalue weighted by molar-refractivity contribution is 7.08. The maximum absolute atomic E-state index is 11.7. The Kier molecular flexibility index (Phi) is 6.14. The molecular weight excluding hydrogens is 334 g/mol. The quantitative estimate of drug-likeness (QED) is 0.769. The number of hydrogen-bond donors (Lipinski definition) is 1. The number of carbonyl (C=O) groups is 3. The van der Waals surface area contributed by atoms with Gasteiger partial charge in [-0.05, 0) is 24.4 Å². The zero-order valence-corrected chi connectivity index (χ0v) is 14.1. The van der Waals surface area contributed by atoms with Crippen molar-refractivity contribution in [2.45, 2.75) is 20.0 Å². The van der Waals surface area contributed by atoms with Gasteiger partial charge in [-0.25, -0.2) is 4.79 Å². The predicted octanol–water partition coefficient (Wildman–Crippen LogP) is 2.30. The van der Waals surface area contributed by atoms with Gasteiger partial charge in [0.15, 0.2) is 0 Å². The first-order chi connectivity index (χ1) is 11.5.